The zero-order valence-electron chi connectivity index (χ0n) is 11.4. The number of hydrogen-bond acceptors (Lipinski definition) is 3. The van der Waals surface area contributed by atoms with Gasteiger partial charge in [0.25, 0.3) is 0 Å². The van der Waals surface area contributed by atoms with Crippen LogP contribution in [0.3, 0.4) is 0 Å². The van der Waals surface area contributed by atoms with Crippen molar-refractivity contribution in [2.24, 2.45) is 0 Å². The van der Waals surface area contributed by atoms with Crippen LogP contribution in [0.5, 0.6) is 0 Å². The van der Waals surface area contributed by atoms with E-state index in [2.05, 4.69) is 0 Å². The second kappa shape index (κ2) is 6.24. The van der Waals surface area contributed by atoms with Crippen LogP contribution in [0.15, 0.2) is 29.2 Å². The SMILES string of the molecule is CC(=O)c1cccc(SC(C)C(=O)N2CCCC2)c1. The quantitative estimate of drug-likeness (QED) is 0.627. The lowest BCUT2D eigenvalue weighted by Crippen LogP contribution is -2.33. The minimum atomic E-state index is -0.0969. The highest BCUT2D eigenvalue weighted by Crippen LogP contribution is 2.26. The van der Waals surface area contributed by atoms with E-state index in [-0.39, 0.29) is 16.9 Å². The molecule has 19 heavy (non-hydrogen) atoms. The van der Waals surface area contributed by atoms with Gasteiger partial charge in [0, 0.05) is 23.5 Å². The maximum absolute atomic E-state index is 12.2. The summed E-state index contributed by atoms with van der Waals surface area (Å²) in [5.74, 6) is 0.261. The average molecular weight is 277 g/mol. The van der Waals surface area contributed by atoms with E-state index < -0.39 is 0 Å². The van der Waals surface area contributed by atoms with E-state index in [9.17, 15) is 9.59 Å². The molecule has 1 amide bonds. The van der Waals surface area contributed by atoms with E-state index >= 15 is 0 Å². The number of amides is 1. The summed E-state index contributed by atoms with van der Waals surface area (Å²) < 4.78 is 0. The topological polar surface area (TPSA) is 37.4 Å². The molecule has 102 valence electrons. The van der Waals surface area contributed by atoms with E-state index in [1.807, 2.05) is 30.0 Å². The minimum Gasteiger partial charge on any atom is -0.342 e. The lowest BCUT2D eigenvalue weighted by molar-refractivity contribution is -0.129. The van der Waals surface area contributed by atoms with E-state index in [0.29, 0.717) is 5.56 Å². The Morgan fingerprint density at radius 3 is 2.58 bits per heavy atom. The molecule has 3 nitrogen and oxygen atoms in total. The number of nitrogens with zero attached hydrogens (tertiary/aromatic N) is 1. The monoisotopic (exact) mass is 277 g/mol. The van der Waals surface area contributed by atoms with Crippen LogP contribution in [-0.2, 0) is 4.79 Å². The van der Waals surface area contributed by atoms with Crippen LogP contribution in [0.2, 0.25) is 0 Å². The fraction of sp³-hybridized carbons (Fsp3) is 0.467. The van der Waals surface area contributed by atoms with Gasteiger partial charge in [0.1, 0.15) is 0 Å². The van der Waals surface area contributed by atoms with E-state index in [4.69, 9.17) is 0 Å². The highest BCUT2D eigenvalue weighted by molar-refractivity contribution is 8.00. The molecule has 2 rings (SSSR count). The summed E-state index contributed by atoms with van der Waals surface area (Å²) in [4.78, 5) is 26.5. The lowest BCUT2D eigenvalue weighted by atomic mass is 10.2. The Bertz CT molecular complexity index is 481. The maximum atomic E-state index is 12.2. The summed E-state index contributed by atoms with van der Waals surface area (Å²) in [6, 6.07) is 7.48. The predicted molar refractivity (Wildman–Crippen MR) is 77.6 cm³/mol. The largest absolute Gasteiger partial charge is 0.342 e. The van der Waals surface area contributed by atoms with Crippen molar-refractivity contribution in [2.75, 3.05) is 13.1 Å². The first-order valence-corrected chi connectivity index (χ1v) is 7.52. The Morgan fingerprint density at radius 2 is 1.95 bits per heavy atom. The van der Waals surface area contributed by atoms with Crippen molar-refractivity contribution in [3.05, 3.63) is 29.8 Å². The molecule has 0 radical (unpaired) electrons. The molecule has 1 heterocycles. The Balaban J connectivity index is 2.01. The van der Waals surface area contributed by atoms with Gasteiger partial charge >= 0.3 is 0 Å². The molecule has 0 aliphatic carbocycles. The molecule has 0 bridgehead atoms. The molecule has 4 heteroatoms. The number of likely N-dealkylation sites (tertiary alicyclic amines) is 1. The summed E-state index contributed by atoms with van der Waals surface area (Å²) in [6.45, 7) is 5.27. The van der Waals surface area contributed by atoms with Crippen LogP contribution in [0, 0.1) is 0 Å². The smallest absolute Gasteiger partial charge is 0.235 e. The molecule has 1 aromatic carbocycles. The molecule has 1 fully saturated rings. The van der Waals surface area contributed by atoms with Gasteiger partial charge in [-0.05, 0) is 38.8 Å². The van der Waals surface area contributed by atoms with Gasteiger partial charge in [-0.15, -0.1) is 11.8 Å². The van der Waals surface area contributed by atoms with Crippen LogP contribution >= 0.6 is 11.8 Å². The fourth-order valence-electron chi connectivity index (χ4n) is 2.24. The zero-order valence-corrected chi connectivity index (χ0v) is 12.2. The van der Waals surface area contributed by atoms with Gasteiger partial charge in [0.15, 0.2) is 5.78 Å². The minimum absolute atomic E-state index is 0.0565. The molecule has 1 atom stereocenters. The Labute approximate surface area is 118 Å². The van der Waals surface area contributed by atoms with E-state index in [1.165, 1.54) is 11.8 Å². The number of ketones is 1. The third-order valence-corrected chi connectivity index (χ3v) is 4.40. The molecular weight excluding hydrogens is 258 g/mol. The molecule has 1 unspecified atom stereocenters. The van der Waals surface area contributed by atoms with Crippen molar-refractivity contribution in [2.45, 2.75) is 36.8 Å². The Morgan fingerprint density at radius 1 is 1.26 bits per heavy atom. The van der Waals surface area contributed by atoms with Crippen molar-refractivity contribution in [1.82, 2.24) is 4.90 Å². The fourth-order valence-corrected chi connectivity index (χ4v) is 3.25. The average Bonchev–Trinajstić information content (AvgIpc) is 2.92. The Hall–Kier alpha value is -1.29. The molecule has 1 aliphatic heterocycles. The maximum Gasteiger partial charge on any atom is 0.235 e. The number of benzene rings is 1. The summed E-state index contributed by atoms with van der Waals surface area (Å²) in [5, 5.41) is -0.0969. The van der Waals surface area contributed by atoms with Gasteiger partial charge in [-0.1, -0.05) is 12.1 Å². The first-order valence-electron chi connectivity index (χ1n) is 6.64. The summed E-state index contributed by atoms with van der Waals surface area (Å²) in [5.41, 5.74) is 0.700. The Kier molecular flexibility index (Phi) is 4.64. The van der Waals surface area contributed by atoms with Crippen LogP contribution in [0.1, 0.15) is 37.0 Å². The number of carbonyl (C=O) groups excluding carboxylic acids is 2. The van der Waals surface area contributed by atoms with Crippen molar-refractivity contribution < 1.29 is 9.59 Å². The van der Waals surface area contributed by atoms with E-state index in [1.54, 1.807) is 13.0 Å². The van der Waals surface area contributed by atoms with Crippen LogP contribution in [0.25, 0.3) is 0 Å². The van der Waals surface area contributed by atoms with Gasteiger partial charge < -0.3 is 4.90 Å². The molecule has 0 N–H and O–H groups in total. The van der Waals surface area contributed by atoms with Crippen molar-refractivity contribution >= 4 is 23.5 Å². The highest BCUT2D eigenvalue weighted by Gasteiger charge is 2.23. The number of Topliss-reactive ketones (excluding diaryl/α,β-unsaturated/α-hetero) is 1. The van der Waals surface area contributed by atoms with Crippen LogP contribution in [-0.4, -0.2) is 34.9 Å². The number of thioether (sulfide) groups is 1. The van der Waals surface area contributed by atoms with Crippen LogP contribution < -0.4 is 0 Å². The van der Waals surface area contributed by atoms with Gasteiger partial charge in [-0.2, -0.15) is 0 Å². The normalized spacial score (nSPS) is 16.4. The van der Waals surface area contributed by atoms with Gasteiger partial charge in [-0.3, -0.25) is 9.59 Å². The van der Waals surface area contributed by atoms with E-state index in [0.717, 1.165) is 30.8 Å². The molecular formula is C15H19NO2S. The first kappa shape index (κ1) is 14.1. The van der Waals surface area contributed by atoms with Crippen LogP contribution in [0.4, 0.5) is 0 Å². The zero-order chi connectivity index (χ0) is 13.8. The third-order valence-electron chi connectivity index (χ3n) is 3.32. The van der Waals surface area contributed by atoms with Gasteiger partial charge in [0.2, 0.25) is 5.91 Å². The second-order valence-electron chi connectivity index (χ2n) is 4.88. The summed E-state index contributed by atoms with van der Waals surface area (Å²) in [6.07, 6.45) is 2.23. The number of hydrogen-bond donors (Lipinski definition) is 0. The standard InChI is InChI=1S/C15H19NO2S/c1-11(17)13-6-5-7-14(10-13)19-12(2)15(18)16-8-3-4-9-16/h5-7,10,12H,3-4,8-9H2,1-2H3. The van der Waals surface area contributed by atoms with Gasteiger partial charge in [0.05, 0.1) is 5.25 Å². The number of carbonyl (C=O) groups is 2. The third kappa shape index (κ3) is 3.60. The highest BCUT2D eigenvalue weighted by atomic mass is 32.2. The molecule has 1 aromatic rings. The van der Waals surface area contributed by atoms with Gasteiger partial charge in [-0.25, -0.2) is 0 Å². The molecule has 1 saturated heterocycles. The van der Waals surface area contributed by atoms with Crippen molar-refractivity contribution in [3.63, 3.8) is 0 Å². The second-order valence-corrected chi connectivity index (χ2v) is 6.29. The molecule has 1 aliphatic rings. The molecule has 0 spiro atoms. The van der Waals surface area contributed by atoms with Crippen molar-refractivity contribution in [3.8, 4) is 0 Å². The number of rotatable bonds is 4. The first-order chi connectivity index (χ1) is 9.08. The summed E-state index contributed by atoms with van der Waals surface area (Å²) in [7, 11) is 0. The molecule has 0 saturated carbocycles. The predicted octanol–water partition coefficient (Wildman–Crippen LogP) is 2.99. The van der Waals surface area contributed by atoms with Crippen molar-refractivity contribution in [1.29, 1.82) is 0 Å². The summed E-state index contributed by atoms with van der Waals surface area (Å²) >= 11 is 1.53. The molecule has 0 aromatic heterocycles. The lowest BCUT2D eigenvalue weighted by Gasteiger charge is -2.20.